The Bertz CT molecular complexity index is 1470. The summed E-state index contributed by atoms with van der Waals surface area (Å²) in [6, 6.07) is 13.3. The SMILES string of the molecule is COc1ccc(C(O)c2cnc(N3CCc4[nH]cnc4[C@H]3c3cc4c(C)cccn4n3)nc2)cc1. The van der Waals surface area contributed by atoms with Gasteiger partial charge in [-0.05, 0) is 42.3 Å². The summed E-state index contributed by atoms with van der Waals surface area (Å²) in [7, 11) is 1.62. The molecule has 6 rings (SSSR count). The number of nitrogens with one attached hydrogen (secondary N) is 1. The Labute approximate surface area is 202 Å². The Balaban J connectivity index is 1.34. The van der Waals surface area contributed by atoms with Gasteiger partial charge in [0.05, 0.1) is 30.3 Å². The molecule has 4 aromatic heterocycles. The minimum Gasteiger partial charge on any atom is -0.497 e. The molecule has 0 saturated heterocycles. The minimum atomic E-state index is -0.827. The molecule has 1 aliphatic heterocycles. The number of fused-ring (bicyclic) bond motifs is 2. The number of H-pyrrole nitrogens is 1. The molecule has 0 fully saturated rings. The van der Waals surface area contributed by atoms with Gasteiger partial charge in [-0.3, -0.25) is 0 Å². The third-order valence-corrected chi connectivity index (χ3v) is 6.60. The van der Waals surface area contributed by atoms with Crippen LogP contribution in [-0.2, 0) is 6.42 Å². The van der Waals surface area contributed by atoms with Crippen LogP contribution in [0.2, 0.25) is 0 Å². The summed E-state index contributed by atoms with van der Waals surface area (Å²) in [6.45, 7) is 2.79. The van der Waals surface area contributed by atoms with Crippen LogP contribution in [0.1, 0.15) is 45.9 Å². The van der Waals surface area contributed by atoms with Crippen molar-refractivity contribution in [2.75, 3.05) is 18.6 Å². The first kappa shape index (κ1) is 21.3. The standard InChI is InChI=1S/C26H25N7O2/c1-16-4-3-10-33-22(16)12-21(31-33)24-23-20(29-15-30-23)9-11-32(24)26-27-13-18(14-28-26)25(34)17-5-7-19(35-2)8-6-17/h3-8,10,12-15,24-25,34H,9,11H2,1-2H3,(H,29,30)/t24-,25?/m1/s1. The molecule has 0 spiro atoms. The molecule has 0 amide bonds. The van der Waals surface area contributed by atoms with Gasteiger partial charge >= 0.3 is 0 Å². The van der Waals surface area contributed by atoms with Crippen LogP contribution in [0, 0.1) is 6.92 Å². The van der Waals surface area contributed by atoms with Crippen molar-refractivity contribution in [2.24, 2.45) is 0 Å². The topological polar surface area (TPSA) is 104 Å². The van der Waals surface area contributed by atoms with Crippen LogP contribution in [0.4, 0.5) is 5.95 Å². The quantitative estimate of drug-likeness (QED) is 0.408. The second-order valence-electron chi connectivity index (χ2n) is 8.69. The number of nitrogens with zero attached hydrogens (tertiary/aromatic N) is 6. The zero-order valence-electron chi connectivity index (χ0n) is 19.5. The number of anilines is 1. The van der Waals surface area contributed by atoms with Crippen LogP contribution in [0.5, 0.6) is 5.75 Å². The normalized spacial score (nSPS) is 16.3. The van der Waals surface area contributed by atoms with Gasteiger partial charge < -0.3 is 19.7 Å². The molecule has 0 saturated carbocycles. The van der Waals surface area contributed by atoms with E-state index in [2.05, 4.69) is 43.9 Å². The smallest absolute Gasteiger partial charge is 0.226 e. The van der Waals surface area contributed by atoms with Crippen molar-refractivity contribution in [3.63, 3.8) is 0 Å². The van der Waals surface area contributed by atoms with Crippen molar-refractivity contribution in [3.05, 3.63) is 101 Å². The number of aromatic amines is 1. The highest BCUT2D eigenvalue weighted by atomic mass is 16.5. The number of aliphatic hydroxyl groups is 1. The lowest BCUT2D eigenvalue weighted by Crippen LogP contribution is -2.37. The first-order valence-electron chi connectivity index (χ1n) is 11.5. The summed E-state index contributed by atoms with van der Waals surface area (Å²) in [5.41, 5.74) is 6.51. The third-order valence-electron chi connectivity index (χ3n) is 6.60. The molecule has 35 heavy (non-hydrogen) atoms. The highest BCUT2D eigenvalue weighted by Crippen LogP contribution is 2.36. The number of hydrogen-bond acceptors (Lipinski definition) is 7. The third kappa shape index (κ3) is 3.70. The molecule has 2 atom stereocenters. The zero-order valence-corrected chi connectivity index (χ0v) is 19.5. The van der Waals surface area contributed by atoms with Crippen molar-refractivity contribution in [2.45, 2.75) is 25.5 Å². The molecule has 1 aromatic carbocycles. The first-order chi connectivity index (χ1) is 17.1. The van der Waals surface area contributed by atoms with Gasteiger partial charge in [0.2, 0.25) is 5.95 Å². The summed E-state index contributed by atoms with van der Waals surface area (Å²) in [5.74, 6) is 1.31. The van der Waals surface area contributed by atoms with Crippen LogP contribution in [0.25, 0.3) is 5.52 Å². The molecule has 0 aliphatic carbocycles. The Hall–Kier alpha value is -4.24. The minimum absolute atomic E-state index is 0.221. The van der Waals surface area contributed by atoms with E-state index in [1.165, 1.54) is 0 Å². The molecular formula is C26H25N7O2. The number of methoxy groups -OCH3 is 1. The number of ether oxygens (including phenoxy) is 1. The van der Waals surface area contributed by atoms with Crippen molar-refractivity contribution in [1.82, 2.24) is 29.5 Å². The maximum atomic E-state index is 10.8. The fourth-order valence-electron chi connectivity index (χ4n) is 4.70. The van der Waals surface area contributed by atoms with Gasteiger partial charge in [0, 0.05) is 42.8 Å². The number of benzene rings is 1. The molecule has 9 nitrogen and oxygen atoms in total. The second-order valence-corrected chi connectivity index (χ2v) is 8.69. The fourth-order valence-corrected chi connectivity index (χ4v) is 4.70. The van der Waals surface area contributed by atoms with Gasteiger partial charge in [-0.1, -0.05) is 18.2 Å². The van der Waals surface area contributed by atoms with Gasteiger partial charge in [0.1, 0.15) is 17.9 Å². The van der Waals surface area contributed by atoms with Gasteiger partial charge in [-0.25, -0.2) is 19.5 Å². The number of pyridine rings is 1. The average molecular weight is 468 g/mol. The lowest BCUT2D eigenvalue weighted by Gasteiger charge is -2.34. The first-order valence-corrected chi connectivity index (χ1v) is 11.5. The number of aliphatic hydroxyl groups excluding tert-OH is 1. The predicted molar refractivity (Wildman–Crippen MR) is 130 cm³/mol. The van der Waals surface area contributed by atoms with E-state index in [-0.39, 0.29) is 6.04 Å². The van der Waals surface area contributed by atoms with Crippen LogP contribution in [0.3, 0.4) is 0 Å². The van der Waals surface area contributed by atoms with E-state index in [4.69, 9.17) is 9.84 Å². The lowest BCUT2D eigenvalue weighted by molar-refractivity contribution is 0.219. The molecule has 2 N–H and O–H groups in total. The van der Waals surface area contributed by atoms with Crippen LogP contribution >= 0.6 is 0 Å². The molecule has 176 valence electrons. The molecule has 5 aromatic rings. The number of rotatable bonds is 5. The molecule has 1 aliphatic rings. The van der Waals surface area contributed by atoms with E-state index < -0.39 is 6.10 Å². The van der Waals surface area contributed by atoms with Crippen molar-refractivity contribution >= 4 is 11.5 Å². The lowest BCUT2D eigenvalue weighted by atomic mass is 10.00. The zero-order chi connectivity index (χ0) is 23.9. The van der Waals surface area contributed by atoms with Gasteiger partial charge in [0.25, 0.3) is 0 Å². The van der Waals surface area contributed by atoms with E-state index in [0.717, 1.165) is 45.9 Å². The summed E-state index contributed by atoms with van der Waals surface area (Å²) < 4.78 is 7.10. The largest absolute Gasteiger partial charge is 0.497 e. The highest BCUT2D eigenvalue weighted by Gasteiger charge is 2.34. The molecular weight excluding hydrogens is 442 g/mol. The molecule has 0 radical (unpaired) electrons. The summed E-state index contributed by atoms with van der Waals surface area (Å²) in [4.78, 5) is 19.3. The summed E-state index contributed by atoms with van der Waals surface area (Å²) in [5, 5.41) is 15.7. The van der Waals surface area contributed by atoms with Gasteiger partial charge in [0.15, 0.2) is 0 Å². The average Bonchev–Trinajstić information content (AvgIpc) is 3.56. The monoisotopic (exact) mass is 467 g/mol. The highest BCUT2D eigenvalue weighted by molar-refractivity contribution is 5.57. The number of aryl methyl sites for hydroxylation is 1. The van der Waals surface area contributed by atoms with E-state index in [1.807, 2.05) is 41.0 Å². The van der Waals surface area contributed by atoms with Crippen LogP contribution < -0.4 is 9.64 Å². The Kier molecular flexibility index (Phi) is 5.18. The van der Waals surface area contributed by atoms with Crippen molar-refractivity contribution in [3.8, 4) is 5.75 Å². The summed E-state index contributed by atoms with van der Waals surface area (Å²) in [6.07, 6.45) is 7.03. The number of aromatic nitrogens is 6. The van der Waals surface area contributed by atoms with Crippen LogP contribution in [0.15, 0.2) is 67.4 Å². The van der Waals surface area contributed by atoms with E-state index >= 15 is 0 Å². The predicted octanol–water partition coefficient (Wildman–Crippen LogP) is 3.40. The second kappa shape index (κ2) is 8.52. The van der Waals surface area contributed by atoms with E-state index in [9.17, 15) is 5.11 Å². The van der Waals surface area contributed by atoms with Gasteiger partial charge in [-0.2, -0.15) is 5.10 Å². The van der Waals surface area contributed by atoms with Crippen LogP contribution in [-0.4, -0.2) is 48.3 Å². The number of hydrogen-bond donors (Lipinski definition) is 2. The molecule has 5 heterocycles. The maximum Gasteiger partial charge on any atom is 0.226 e. The van der Waals surface area contributed by atoms with E-state index in [1.54, 1.807) is 25.8 Å². The fraction of sp³-hybridized carbons (Fsp3) is 0.231. The maximum absolute atomic E-state index is 10.8. The molecule has 0 bridgehead atoms. The van der Waals surface area contributed by atoms with E-state index in [0.29, 0.717) is 18.1 Å². The van der Waals surface area contributed by atoms with Crippen molar-refractivity contribution < 1.29 is 9.84 Å². The van der Waals surface area contributed by atoms with Crippen molar-refractivity contribution in [1.29, 1.82) is 0 Å². The summed E-state index contributed by atoms with van der Waals surface area (Å²) >= 11 is 0. The molecule has 9 heteroatoms. The Morgan fingerprint density at radius 2 is 1.89 bits per heavy atom. The molecule has 1 unspecified atom stereocenters. The Morgan fingerprint density at radius 3 is 2.63 bits per heavy atom. The Morgan fingerprint density at radius 1 is 1.09 bits per heavy atom. The van der Waals surface area contributed by atoms with Gasteiger partial charge in [-0.15, -0.1) is 0 Å². The number of imidazole rings is 1.